The Bertz CT molecular complexity index is 786. The van der Waals surface area contributed by atoms with Crippen LogP contribution >= 0.6 is 0 Å². The second kappa shape index (κ2) is 6.32. The summed E-state index contributed by atoms with van der Waals surface area (Å²) < 4.78 is 7.14. The van der Waals surface area contributed by atoms with Crippen molar-refractivity contribution in [3.63, 3.8) is 0 Å². The van der Waals surface area contributed by atoms with Crippen LogP contribution in [0.3, 0.4) is 0 Å². The molecule has 0 fully saturated rings. The molecule has 0 spiro atoms. The first-order chi connectivity index (χ1) is 11.5. The minimum absolute atomic E-state index is 0.213. The van der Waals surface area contributed by atoms with Crippen LogP contribution in [0.4, 0.5) is 11.4 Å². The number of nitrogens with one attached hydrogen (secondary N) is 3. The molecule has 126 valence electrons. The maximum atomic E-state index is 12.5. The van der Waals surface area contributed by atoms with E-state index in [1.807, 2.05) is 0 Å². The van der Waals surface area contributed by atoms with E-state index in [-0.39, 0.29) is 11.8 Å². The van der Waals surface area contributed by atoms with Gasteiger partial charge in [0, 0.05) is 24.5 Å². The van der Waals surface area contributed by atoms with Crippen molar-refractivity contribution in [2.45, 2.75) is 19.1 Å². The fraction of sp³-hybridized carbons (Fsp3) is 0.312. The number of ether oxygens (including phenoxy) is 1. The first kappa shape index (κ1) is 16.0. The Hall–Kier alpha value is -2.87. The van der Waals surface area contributed by atoms with Gasteiger partial charge in [0.2, 0.25) is 5.91 Å². The number of hydrogen-bond donors (Lipinski definition) is 3. The average molecular weight is 329 g/mol. The number of amides is 2. The van der Waals surface area contributed by atoms with Crippen molar-refractivity contribution < 1.29 is 14.3 Å². The number of rotatable bonds is 4. The van der Waals surface area contributed by atoms with Gasteiger partial charge in [0.05, 0.1) is 11.9 Å². The zero-order chi connectivity index (χ0) is 17.3. The van der Waals surface area contributed by atoms with E-state index >= 15 is 0 Å². The predicted octanol–water partition coefficient (Wildman–Crippen LogP) is 1.04. The van der Waals surface area contributed by atoms with Gasteiger partial charge in [-0.3, -0.25) is 14.3 Å². The van der Waals surface area contributed by atoms with Crippen LogP contribution in [0.2, 0.25) is 0 Å². The Kier molecular flexibility index (Phi) is 4.22. The number of anilines is 2. The normalized spacial score (nSPS) is 17.5. The molecule has 1 aliphatic rings. The fourth-order valence-electron chi connectivity index (χ4n) is 2.54. The molecule has 2 amide bonds. The lowest BCUT2D eigenvalue weighted by molar-refractivity contribution is -0.122. The summed E-state index contributed by atoms with van der Waals surface area (Å²) >= 11 is 0. The Morgan fingerprint density at radius 1 is 1.46 bits per heavy atom. The minimum Gasteiger partial charge on any atom is -0.479 e. The molecule has 0 aliphatic carbocycles. The highest BCUT2D eigenvalue weighted by Gasteiger charge is 2.25. The Labute approximate surface area is 139 Å². The molecule has 2 unspecified atom stereocenters. The standard InChI is InChI=1S/C16H19N5O3/c1-9-15(22)20-12-6-11(4-5-13(12)24-9)19-16(23)14(17-2)10-7-18-21(3)8-10/h4-9,14,17H,1-3H3,(H,19,23)(H,20,22). The van der Waals surface area contributed by atoms with Crippen LogP contribution in [0.25, 0.3) is 0 Å². The lowest BCUT2D eigenvalue weighted by Crippen LogP contribution is -2.34. The van der Waals surface area contributed by atoms with E-state index in [9.17, 15) is 9.59 Å². The zero-order valence-electron chi connectivity index (χ0n) is 13.7. The lowest BCUT2D eigenvalue weighted by Gasteiger charge is -2.24. The number of fused-ring (bicyclic) bond motifs is 1. The van der Waals surface area contributed by atoms with E-state index < -0.39 is 12.1 Å². The van der Waals surface area contributed by atoms with E-state index in [0.29, 0.717) is 17.1 Å². The van der Waals surface area contributed by atoms with Gasteiger partial charge in [-0.2, -0.15) is 5.10 Å². The number of carbonyl (C=O) groups is 2. The lowest BCUT2D eigenvalue weighted by atomic mass is 10.1. The number of likely N-dealkylation sites (N-methyl/N-ethyl adjacent to an activating group) is 1. The molecule has 8 nitrogen and oxygen atoms in total. The van der Waals surface area contributed by atoms with Crippen molar-refractivity contribution in [3.05, 3.63) is 36.2 Å². The van der Waals surface area contributed by atoms with Crippen molar-refractivity contribution in [3.8, 4) is 5.75 Å². The zero-order valence-corrected chi connectivity index (χ0v) is 13.7. The highest BCUT2D eigenvalue weighted by molar-refractivity contribution is 6.00. The molecule has 0 bridgehead atoms. The first-order valence-corrected chi connectivity index (χ1v) is 7.56. The summed E-state index contributed by atoms with van der Waals surface area (Å²) in [6, 6.07) is 4.60. The van der Waals surface area contributed by atoms with Crippen LogP contribution in [0.5, 0.6) is 5.75 Å². The summed E-state index contributed by atoms with van der Waals surface area (Å²) in [5.74, 6) is 0.147. The first-order valence-electron chi connectivity index (χ1n) is 7.56. The summed E-state index contributed by atoms with van der Waals surface area (Å²) in [5, 5.41) is 12.6. The smallest absolute Gasteiger partial charge is 0.265 e. The van der Waals surface area contributed by atoms with Crippen molar-refractivity contribution in [2.24, 2.45) is 7.05 Å². The van der Waals surface area contributed by atoms with Gasteiger partial charge < -0.3 is 20.7 Å². The minimum atomic E-state index is -0.530. The van der Waals surface area contributed by atoms with Crippen molar-refractivity contribution in [2.75, 3.05) is 17.7 Å². The number of benzene rings is 1. The third-order valence-corrected chi connectivity index (χ3v) is 3.79. The summed E-state index contributed by atoms with van der Waals surface area (Å²) in [5.41, 5.74) is 1.88. The van der Waals surface area contributed by atoms with Gasteiger partial charge in [-0.1, -0.05) is 0 Å². The van der Waals surface area contributed by atoms with Crippen LogP contribution in [-0.4, -0.2) is 34.7 Å². The van der Waals surface area contributed by atoms with Crippen molar-refractivity contribution in [1.82, 2.24) is 15.1 Å². The van der Waals surface area contributed by atoms with Gasteiger partial charge >= 0.3 is 0 Å². The molecule has 0 saturated heterocycles. The maximum absolute atomic E-state index is 12.5. The molecule has 1 aliphatic heterocycles. The van der Waals surface area contributed by atoms with Crippen molar-refractivity contribution >= 4 is 23.2 Å². The van der Waals surface area contributed by atoms with E-state index in [4.69, 9.17) is 4.74 Å². The van der Waals surface area contributed by atoms with E-state index in [1.165, 1.54) is 0 Å². The number of hydrogen-bond acceptors (Lipinski definition) is 5. The highest BCUT2D eigenvalue weighted by atomic mass is 16.5. The number of carbonyl (C=O) groups excluding carboxylic acids is 2. The molecule has 1 aromatic heterocycles. The summed E-state index contributed by atoms with van der Waals surface area (Å²) in [7, 11) is 3.50. The van der Waals surface area contributed by atoms with Crippen LogP contribution < -0.4 is 20.7 Å². The highest BCUT2D eigenvalue weighted by Crippen LogP contribution is 2.32. The number of nitrogens with zero attached hydrogens (tertiary/aromatic N) is 2. The number of aryl methyl sites for hydroxylation is 1. The summed E-state index contributed by atoms with van der Waals surface area (Å²) in [6.45, 7) is 1.68. The van der Waals surface area contributed by atoms with E-state index in [0.717, 1.165) is 5.56 Å². The molecular weight excluding hydrogens is 310 g/mol. The largest absolute Gasteiger partial charge is 0.479 e. The average Bonchev–Trinajstić information content (AvgIpc) is 2.95. The molecule has 24 heavy (non-hydrogen) atoms. The molecule has 8 heteroatoms. The molecule has 3 N–H and O–H groups in total. The second-order valence-corrected chi connectivity index (χ2v) is 5.62. The monoisotopic (exact) mass is 329 g/mol. The quantitative estimate of drug-likeness (QED) is 0.779. The van der Waals surface area contributed by atoms with E-state index in [1.54, 1.807) is 56.3 Å². The van der Waals surface area contributed by atoms with Gasteiger partial charge in [-0.05, 0) is 32.2 Å². The van der Waals surface area contributed by atoms with Crippen molar-refractivity contribution in [1.29, 1.82) is 0 Å². The molecule has 1 aromatic carbocycles. The van der Waals surface area contributed by atoms with Gasteiger partial charge in [-0.15, -0.1) is 0 Å². The Balaban J connectivity index is 1.77. The molecular formula is C16H19N5O3. The molecule has 0 radical (unpaired) electrons. The Morgan fingerprint density at radius 3 is 2.92 bits per heavy atom. The molecule has 2 aromatic rings. The molecule has 2 heterocycles. The molecule has 2 atom stereocenters. The van der Waals surface area contributed by atoms with Gasteiger partial charge in [0.25, 0.3) is 5.91 Å². The summed E-state index contributed by atoms with van der Waals surface area (Å²) in [6.07, 6.45) is 2.89. The second-order valence-electron chi connectivity index (χ2n) is 5.62. The number of aromatic nitrogens is 2. The van der Waals surface area contributed by atoms with Crippen LogP contribution in [0, 0.1) is 0 Å². The van der Waals surface area contributed by atoms with Crippen LogP contribution in [0.15, 0.2) is 30.6 Å². The SMILES string of the molecule is CNC(C(=O)Nc1ccc2c(c1)NC(=O)C(C)O2)c1cnn(C)c1. The molecule has 0 saturated carbocycles. The Morgan fingerprint density at radius 2 is 2.25 bits per heavy atom. The maximum Gasteiger partial charge on any atom is 0.265 e. The third-order valence-electron chi connectivity index (χ3n) is 3.79. The summed E-state index contributed by atoms with van der Waals surface area (Å²) in [4.78, 5) is 24.2. The van der Waals surface area contributed by atoms with Gasteiger partial charge in [0.1, 0.15) is 11.8 Å². The van der Waals surface area contributed by atoms with Crippen LogP contribution in [-0.2, 0) is 16.6 Å². The third kappa shape index (κ3) is 3.09. The topological polar surface area (TPSA) is 97.3 Å². The van der Waals surface area contributed by atoms with Gasteiger partial charge in [-0.25, -0.2) is 0 Å². The van der Waals surface area contributed by atoms with E-state index in [2.05, 4.69) is 21.0 Å². The molecule has 3 rings (SSSR count). The predicted molar refractivity (Wildman–Crippen MR) is 88.8 cm³/mol. The van der Waals surface area contributed by atoms with Gasteiger partial charge in [0.15, 0.2) is 6.10 Å². The fourth-order valence-corrected chi connectivity index (χ4v) is 2.54. The van der Waals surface area contributed by atoms with Crippen LogP contribution in [0.1, 0.15) is 18.5 Å².